The SMILES string of the molecule is COc1cc(CNCCc2ccc(F)cc2)cc(Cl)c1OC. The Labute approximate surface area is 135 Å². The molecule has 5 heteroatoms. The molecule has 0 saturated carbocycles. The first-order valence-electron chi connectivity index (χ1n) is 6.99. The van der Waals surface area contributed by atoms with Crippen molar-refractivity contribution >= 4 is 11.6 Å². The molecule has 0 heterocycles. The molecule has 0 saturated heterocycles. The summed E-state index contributed by atoms with van der Waals surface area (Å²) < 4.78 is 23.3. The van der Waals surface area contributed by atoms with Crippen molar-refractivity contribution in [2.75, 3.05) is 20.8 Å². The lowest BCUT2D eigenvalue weighted by molar-refractivity contribution is 0.354. The highest BCUT2D eigenvalue weighted by molar-refractivity contribution is 6.32. The summed E-state index contributed by atoms with van der Waals surface area (Å²) in [6.45, 7) is 1.46. The fourth-order valence-electron chi connectivity index (χ4n) is 2.19. The van der Waals surface area contributed by atoms with Crippen molar-refractivity contribution in [1.29, 1.82) is 0 Å². The van der Waals surface area contributed by atoms with E-state index >= 15 is 0 Å². The molecule has 0 aromatic heterocycles. The van der Waals surface area contributed by atoms with E-state index in [0.29, 0.717) is 23.1 Å². The third-order valence-corrected chi connectivity index (χ3v) is 3.61. The van der Waals surface area contributed by atoms with E-state index in [-0.39, 0.29) is 5.82 Å². The van der Waals surface area contributed by atoms with Gasteiger partial charge in [-0.2, -0.15) is 0 Å². The van der Waals surface area contributed by atoms with Crippen LogP contribution in [0, 0.1) is 5.82 Å². The number of benzene rings is 2. The number of halogens is 2. The molecule has 0 radical (unpaired) electrons. The predicted octanol–water partition coefficient (Wildman–Crippen LogP) is 3.83. The van der Waals surface area contributed by atoms with E-state index in [1.54, 1.807) is 26.4 Å². The molecule has 3 nitrogen and oxygen atoms in total. The molecule has 0 spiro atoms. The quantitative estimate of drug-likeness (QED) is 0.786. The molecular weight excluding hydrogens is 305 g/mol. The predicted molar refractivity (Wildman–Crippen MR) is 86.4 cm³/mol. The minimum absolute atomic E-state index is 0.211. The van der Waals surface area contributed by atoms with Gasteiger partial charge in [-0.25, -0.2) is 4.39 Å². The fourth-order valence-corrected chi connectivity index (χ4v) is 2.50. The Balaban J connectivity index is 1.89. The van der Waals surface area contributed by atoms with Gasteiger partial charge in [-0.1, -0.05) is 23.7 Å². The Bertz CT molecular complexity index is 617. The van der Waals surface area contributed by atoms with Gasteiger partial charge in [0, 0.05) is 6.54 Å². The molecule has 0 aliphatic rings. The van der Waals surface area contributed by atoms with Crippen molar-refractivity contribution in [1.82, 2.24) is 5.32 Å². The van der Waals surface area contributed by atoms with Crippen LogP contribution in [0.3, 0.4) is 0 Å². The molecule has 0 fully saturated rings. The van der Waals surface area contributed by atoms with E-state index in [1.807, 2.05) is 12.1 Å². The number of nitrogens with one attached hydrogen (secondary N) is 1. The summed E-state index contributed by atoms with van der Waals surface area (Å²) in [5.41, 5.74) is 2.11. The summed E-state index contributed by atoms with van der Waals surface area (Å²) in [7, 11) is 3.14. The van der Waals surface area contributed by atoms with E-state index in [4.69, 9.17) is 21.1 Å². The minimum atomic E-state index is -0.211. The van der Waals surface area contributed by atoms with Crippen molar-refractivity contribution < 1.29 is 13.9 Å². The van der Waals surface area contributed by atoms with Gasteiger partial charge >= 0.3 is 0 Å². The first-order chi connectivity index (χ1) is 10.6. The lowest BCUT2D eigenvalue weighted by Crippen LogP contribution is -2.16. The second-order valence-electron chi connectivity index (χ2n) is 4.87. The Morgan fingerprint density at radius 2 is 1.77 bits per heavy atom. The maximum Gasteiger partial charge on any atom is 0.179 e. The van der Waals surface area contributed by atoms with Gasteiger partial charge in [0.15, 0.2) is 11.5 Å². The normalized spacial score (nSPS) is 10.5. The van der Waals surface area contributed by atoms with Crippen LogP contribution in [-0.2, 0) is 13.0 Å². The van der Waals surface area contributed by atoms with Gasteiger partial charge in [0.05, 0.1) is 19.2 Å². The zero-order valence-electron chi connectivity index (χ0n) is 12.7. The Morgan fingerprint density at radius 3 is 2.41 bits per heavy atom. The molecule has 2 aromatic carbocycles. The maximum absolute atomic E-state index is 12.8. The number of ether oxygens (including phenoxy) is 2. The number of hydrogen-bond acceptors (Lipinski definition) is 3. The monoisotopic (exact) mass is 323 g/mol. The molecular formula is C17H19ClFNO2. The molecule has 0 atom stereocenters. The Kier molecular flexibility index (Phi) is 6.04. The molecule has 0 unspecified atom stereocenters. The van der Waals surface area contributed by atoms with Gasteiger partial charge in [0.2, 0.25) is 0 Å². The molecule has 118 valence electrons. The van der Waals surface area contributed by atoms with E-state index < -0.39 is 0 Å². The molecule has 1 N–H and O–H groups in total. The zero-order chi connectivity index (χ0) is 15.9. The third kappa shape index (κ3) is 4.36. The largest absolute Gasteiger partial charge is 0.493 e. The van der Waals surface area contributed by atoms with E-state index in [1.165, 1.54) is 12.1 Å². The van der Waals surface area contributed by atoms with E-state index in [9.17, 15) is 4.39 Å². The second kappa shape index (κ2) is 8.01. The van der Waals surface area contributed by atoms with Crippen molar-refractivity contribution in [2.45, 2.75) is 13.0 Å². The summed E-state index contributed by atoms with van der Waals surface area (Å²) in [6.07, 6.45) is 0.835. The summed E-state index contributed by atoms with van der Waals surface area (Å²) >= 11 is 6.17. The lowest BCUT2D eigenvalue weighted by atomic mass is 10.1. The van der Waals surface area contributed by atoms with Crippen LogP contribution in [0.4, 0.5) is 4.39 Å². The Morgan fingerprint density at radius 1 is 1.05 bits per heavy atom. The molecule has 0 amide bonds. The van der Waals surface area contributed by atoms with E-state index in [0.717, 1.165) is 24.1 Å². The van der Waals surface area contributed by atoms with Crippen LogP contribution in [0.2, 0.25) is 5.02 Å². The zero-order valence-corrected chi connectivity index (χ0v) is 13.4. The fraction of sp³-hybridized carbons (Fsp3) is 0.294. The summed E-state index contributed by atoms with van der Waals surface area (Å²) in [5, 5.41) is 3.86. The highest BCUT2D eigenvalue weighted by Gasteiger charge is 2.10. The first kappa shape index (κ1) is 16.6. The standard InChI is InChI=1S/C17H19ClFNO2/c1-21-16-10-13(9-15(18)17(16)22-2)11-20-8-7-12-3-5-14(19)6-4-12/h3-6,9-10,20H,7-8,11H2,1-2H3. The average Bonchev–Trinajstić information content (AvgIpc) is 2.52. The van der Waals surface area contributed by atoms with Crippen LogP contribution in [-0.4, -0.2) is 20.8 Å². The molecule has 0 aliphatic carbocycles. The van der Waals surface area contributed by atoms with Crippen LogP contribution in [0.5, 0.6) is 11.5 Å². The highest BCUT2D eigenvalue weighted by Crippen LogP contribution is 2.35. The van der Waals surface area contributed by atoms with Gasteiger partial charge in [-0.3, -0.25) is 0 Å². The topological polar surface area (TPSA) is 30.5 Å². The first-order valence-corrected chi connectivity index (χ1v) is 7.37. The number of rotatable bonds is 7. The van der Waals surface area contributed by atoms with Crippen molar-refractivity contribution in [3.63, 3.8) is 0 Å². The third-order valence-electron chi connectivity index (χ3n) is 3.33. The van der Waals surface area contributed by atoms with Gasteiger partial charge in [-0.15, -0.1) is 0 Å². The summed E-state index contributed by atoms with van der Waals surface area (Å²) in [5.74, 6) is 0.946. The van der Waals surface area contributed by atoms with Crippen molar-refractivity contribution in [3.05, 3.63) is 58.4 Å². The molecule has 22 heavy (non-hydrogen) atoms. The van der Waals surface area contributed by atoms with Crippen LogP contribution in [0.1, 0.15) is 11.1 Å². The molecule has 0 bridgehead atoms. The van der Waals surface area contributed by atoms with Crippen LogP contribution in [0.15, 0.2) is 36.4 Å². The smallest absolute Gasteiger partial charge is 0.179 e. The van der Waals surface area contributed by atoms with E-state index in [2.05, 4.69) is 5.32 Å². The lowest BCUT2D eigenvalue weighted by Gasteiger charge is -2.12. The van der Waals surface area contributed by atoms with Crippen molar-refractivity contribution in [3.8, 4) is 11.5 Å². The van der Waals surface area contributed by atoms with Crippen LogP contribution in [0.25, 0.3) is 0 Å². The Hall–Kier alpha value is -1.78. The number of methoxy groups -OCH3 is 2. The van der Waals surface area contributed by atoms with Crippen molar-refractivity contribution in [2.24, 2.45) is 0 Å². The average molecular weight is 324 g/mol. The maximum atomic E-state index is 12.8. The van der Waals surface area contributed by atoms with Gasteiger partial charge < -0.3 is 14.8 Å². The molecule has 2 rings (SSSR count). The minimum Gasteiger partial charge on any atom is -0.493 e. The van der Waals surface area contributed by atoms with Gasteiger partial charge in [0.25, 0.3) is 0 Å². The van der Waals surface area contributed by atoms with Crippen LogP contribution < -0.4 is 14.8 Å². The summed E-state index contributed by atoms with van der Waals surface area (Å²) in [6, 6.07) is 10.3. The second-order valence-corrected chi connectivity index (χ2v) is 5.27. The molecule has 0 aliphatic heterocycles. The number of hydrogen-bond donors (Lipinski definition) is 1. The summed E-state index contributed by atoms with van der Waals surface area (Å²) in [4.78, 5) is 0. The van der Waals surface area contributed by atoms with Crippen LogP contribution >= 0.6 is 11.6 Å². The highest BCUT2D eigenvalue weighted by atomic mass is 35.5. The molecule has 2 aromatic rings. The van der Waals surface area contributed by atoms with Gasteiger partial charge in [-0.05, 0) is 48.4 Å². The van der Waals surface area contributed by atoms with Gasteiger partial charge in [0.1, 0.15) is 5.82 Å².